The summed E-state index contributed by atoms with van der Waals surface area (Å²) in [6.07, 6.45) is 11.0. The zero-order chi connectivity index (χ0) is 23.1. The molecule has 0 aliphatic rings. The van der Waals surface area contributed by atoms with Crippen LogP contribution < -0.4 is 5.32 Å². The van der Waals surface area contributed by atoms with E-state index in [1.807, 2.05) is 0 Å². The number of hydrogen-bond donors (Lipinski definition) is 1. The maximum absolute atomic E-state index is 12.7. The Bertz CT molecular complexity index is 531. The van der Waals surface area contributed by atoms with Crippen LogP contribution in [0, 0.1) is 17.8 Å². The summed E-state index contributed by atoms with van der Waals surface area (Å²) in [5.41, 5.74) is 0.231. The SMILES string of the molecule is C=C(C)C(=O)NC(=O)C(C)C(=O)OP(CC(CC)CCCC)CC(CC)CCCC. The summed E-state index contributed by atoms with van der Waals surface area (Å²) in [5, 5.41) is 2.22. The number of amides is 2. The lowest BCUT2D eigenvalue weighted by Gasteiger charge is -2.27. The van der Waals surface area contributed by atoms with E-state index in [2.05, 4.69) is 39.6 Å². The van der Waals surface area contributed by atoms with Crippen LogP contribution in [0.25, 0.3) is 0 Å². The predicted octanol–water partition coefficient (Wildman–Crippen LogP) is 6.21. The van der Waals surface area contributed by atoms with Crippen LogP contribution in [0.5, 0.6) is 0 Å². The second kappa shape index (κ2) is 16.5. The lowest BCUT2D eigenvalue weighted by atomic mass is 10.0. The summed E-state index contributed by atoms with van der Waals surface area (Å²) < 4.78 is 5.93. The second-order valence-corrected chi connectivity index (χ2v) is 10.3. The molecule has 0 aliphatic heterocycles. The molecule has 1 N–H and O–H groups in total. The van der Waals surface area contributed by atoms with Gasteiger partial charge in [0.25, 0.3) is 5.91 Å². The van der Waals surface area contributed by atoms with Gasteiger partial charge in [-0.3, -0.25) is 19.7 Å². The van der Waals surface area contributed by atoms with Crippen LogP contribution in [0.4, 0.5) is 0 Å². The third kappa shape index (κ3) is 11.8. The smallest absolute Gasteiger partial charge is 0.320 e. The Morgan fingerprint density at radius 3 is 1.77 bits per heavy atom. The zero-order valence-electron chi connectivity index (χ0n) is 20.1. The third-order valence-corrected chi connectivity index (χ3v) is 7.89. The molecule has 0 bridgehead atoms. The van der Waals surface area contributed by atoms with Gasteiger partial charge >= 0.3 is 5.97 Å². The molecule has 174 valence electrons. The van der Waals surface area contributed by atoms with Crippen LogP contribution in [0.2, 0.25) is 0 Å². The Kier molecular flexibility index (Phi) is 15.8. The number of carbonyl (C=O) groups is 3. The standard InChI is InChI=1S/C24H44NO4P/c1-8-12-14-20(10-3)16-30(17-21(11-4)15-13-9-2)29-24(28)19(7)23(27)25-22(26)18(5)6/h19-21H,5,8-17H2,1-4,6-7H3,(H,25,26,27). The van der Waals surface area contributed by atoms with Crippen LogP contribution in [-0.2, 0) is 18.9 Å². The maximum atomic E-state index is 12.7. The van der Waals surface area contributed by atoms with Crippen LogP contribution in [0.15, 0.2) is 12.2 Å². The minimum absolute atomic E-state index is 0.231. The van der Waals surface area contributed by atoms with Gasteiger partial charge in [-0.05, 0) is 25.7 Å². The lowest BCUT2D eigenvalue weighted by Crippen LogP contribution is -2.38. The molecule has 0 aromatic heterocycles. The van der Waals surface area contributed by atoms with E-state index in [4.69, 9.17) is 4.52 Å². The highest BCUT2D eigenvalue weighted by molar-refractivity contribution is 7.53. The molecule has 3 unspecified atom stereocenters. The van der Waals surface area contributed by atoms with Gasteiger partial charge in [0.05, 0.1) is 8.15 Å². The van der Waals surface area contributed by atoms with Crippen LogP contribution in [0.1, 0.15) is 92.9 Å². The summed E-state index contributed by atoms with van der Waals surface area (Å²) >= 11 is 0. The highest BCUT2D eigenvalue weighted by atomic mass is 31.1. The summed E-state index contributed by atoms with van der Waals surface area (Å²) in [6.45, 7) is 15.3. The Hall–Kier alpha value is -1.22. The first-order chi connectivity index (χ1) is 14.2. The van der Waals surface area contributed by atoms with Crippen molar-refractivity contribution in [3.05, 3.63) is 12.2 Å². The van der Waals surface area contributed by atoms with E-state index in [1.165, 1.54) is 26.7 Å². The summed E-state index contributed by atoms with van der Waals surface area (Å²) in [6, 6.07) is 0. The maximum Gasteiger partial charge on any atom is 0.320 e. The van der Waals surface area contributed by atoms with Crippen molar-refractivity contribution in [3.8, 4) is 0 Å². The molecule has 0 spiro atoms. The molecule has 0 heterocycles. The minimum Gasteiger partial charge on any atom is -0.444 e. The van der Waals surface area contributed by atoms with Crippen molar-refractivity contribution >= 4 is 25.9 Å². The largest absolute Gasteiger partial charge is 0.444 e. The van der Waals surface area contributed by atoms with Crippen LogP contribution in [0.3, 0.4) is 0 Å². The molecule has 6 heteroatoms. The molecule has 2 amide bonds. The number of imide groups is 1. The van der Waals surface area contributed by atoms with Crippen LogP contribution in [-0.4, -0.2) is 30.1 Å². The topological polar surface area (TPSA) is 72.5 Å². The third-order valence-electron chi connectivity index (χ3n) is 5.60. The molecule has 0 radical (unpaired) electrons. The lowest BCUT2D eigenvalue weighted by molar-refractivity contribution is -0.144. The van der Waals surface area contributed by atoms with Crippen molar-refractivity contribution in [2.75, 3.05) is 12.3 Å². The molecule has 0 aromatic rings. The van der Waals surface area contributed by atoms with Crippen molar-refractivity contribution in [1.82, 2.24) is 5.32 Å². The van der Waals surface area contributed by atoms with Gasteiger partial charge in [-0.25, -0.2) is 0 Å². The van der Waals surface area contributed by atoms with E-state index in [-0.39, 0.29) is 5.57 Å². The van der Waals surface area contributed by atoms with E-state index in [9.17, 15) is 14.4 Å². The summed E-state index contributed by atoms with van der Waals surface area (Å²) in [7, 11) is -0.946. The fourth-order valence-corrected chi connectivity index (χ4v) is 5.94. The van der Waals surface area contributed by atoms with E-state index in [0.717, 1.165) is 50.8 Å². The van der Waals surface area contributed by atoms with E-state index < -0.39 is 31.9 Å². The van der Waals surface area contributed by atoms with Crippen molar-refractivity contribution in [2.45, 2.75) is 92.9 Å². The van der Waals surface area contributed by atoms with Crippen molar-refractivity contribution in [3.63, 3.8) is 0 Å². The highest BCUT2D eigenvalue weighted by Crippen LogP contribution is 2.44. The average Bonchev–Trinajstić information content (AvgIpc) is 2.72. The molecule has 0 rings (SSSR count). The number of hydrogen-bond acceptors (Lipinski definition) is 4. The van der Waals surface area contributed by atoms with Crippen molar-refractivity contribution < 1.29 is 18.9 Å². The van der Waals surface area contributed by atoms with Gasteiger partial charge in [0.2, 0.25) is 5.91 Å². The Balaban J connectivity index is 5.17. The van der Waals surface area contributed by atoms with E-state index in [1.54, 1.807) is 0 Å². The molecular formula is C24H44NO4P. The molecule has 3 atom stereocenters. The quantitative estimate of drug-likeness (QED) is 0.175. The fourth-order valence-electron chi connectivity index (χ4n) is 3.20. The molecule has 5 nitrogen and oxygen atoms in total. The average molecular weight is 442 g/mol. The van der Waals surface area contributed by atoms with Gasteiger partial charge in [0, 0.05) is 17.9 Å². The Labute approximate surface area is 185 Å². The first-order valence-electron chi connectivity index (χ1n) is 11.7. The molecular weight excluding hydrogens is 397 g/mol. The van der Waals surface area contributed by atoms with Gasteiger partial charge < -0.3 is 4.52 Å². The van der Waals surface area contributed by atoms with Crippen LogP contribution >= 0.6 is 8.15 Å². The monoisotopic (exact) mass is 441 g/mol. The van der Waals surface area contributed by atoms with Gasteiger partial charge in [-0.1, -0.05) is 85.6 Å². The molecule has 0 aliphatic carbocycles. The Morgan fingerprint density at radius 2 is 1.40 bits per heavy atom. The van der Waals surface area contributed by atoms with Crippen molar-refractivity contribution in [1.29, 1.82) is 0 Å². The molecule has 30 heavy (non-hydrogen) atoms. The second-order valence-electron chi connectivity index (χ2n) is 8.41. The highest BCUT2D eigenvalue weighted by Gasteiger charge is 2.29. The van der Waals surface area contributed by atoms with Gasteiger partial charge in [-0.15, -0.1) is 0 Å². The Morgan fingerprint density at radius 1 is 0.933 bits per heavy atom. The summed E-state index contributed by atoms with van der Waals surface area (Å²) in [5.74, 6) is -1.63. The predicted molar refractivity (Wildman–Crippen MR) is 126 cm³/mol. The molecule has 0 fully saturated rings. The number of nitrogens with one attached hydrogen (secondary N) is 1. The minimum atomic E-state index is -1.01. The number of carbonyl (C=O) groups excluding carboxylic acids is 3. The molecule has 0 aromatic carbocycles. The van der Waals surface area contributed by atoms with Gasteiger partial charge in [0.15, 0.2) is 0 Å². The van der Waals surface area contributed by atoms with Gasteiger partial charge in [0.1, 0.15) is 5.92 Å². The van der Waals surface area contributed by atoms with E-state index >= 15 is 0 Å². The van der Waals surface area contributed by atoms with Gasteiger partial charge in [-0.2, -0.15) is 0 Å². The molecule has 0 saturated heterocycles. The molecule has 0 saturated carbocycles. The van der Waals surface area contributed by atoms with Crippen molar-refractivity contribution in [2.24, 2.45) is 17.8 Å². The first-order valence-corrected chi connectivity index (χ1v) is 13.3. The fraction of sp³-hybridized carbons (Fsp3) is 0.792. The summed E-state index contributed by atoms with van der Waals surface area (Å²) in [4.78, 5) is 36.7. The number of rotatable bonds is 16. The zero-order valence-corrected chi connectivity index (χ0v) is 21.0. The number of unbranched alkanes of at least 4 members (excludes halogenated alkanes) is 2. The normalized spacial score (nSPS) is 15.0. The first kappa shape index (κ1) is 28.8. The van der Waals surface area contributed by atoms with E-state index in [0.29, 0.717) is 11.8 Å².